The van der Waals surface area contributed by atoms with Gasteiger partial charge in [-0.15, -0.1) is 0 Å². The van der Waals surface area contributed by atoms with E-state index in [-0.39, 0.29) is 0 Å². The Morgan fingerprint density at radius 2 is 1.71 bits per heavy atom. The smallest absolute Gasteiger partial charge is 0.239 e. The first-order valence-electron chi connectivity index (χ1n) is 7.67. The second-order valence-electron chi connectivity index (χ2n) is 5.55. The lowest BCUT2D eigenvalue weighted by Gasteiger charge is -2.12. The molecule has 0 unspecified atom stereocenters. The van der Waals surface area contributed by atoms with Crippen molar-refractivity contribution in [3.63, 3.8) is 0 Å². The number of hydrogen-bond acceptors (Lipinski definition) is 4. The number of carbonyl (C=O) groups is 1. The molecule has 0 saturated carbocycles. The number of hydrogen-bond donors (Lipinski definition) is 1. The molecule has 128 valence electrons. The van der Waals surface area contributed by atoms with Crippen molar-refractivity contribution in [2.24, 2.45) is 0 Å². The van der Waals surface area contributed by atoms with E-state index in [0.29, 0.717) is 18.0 Å². The molecule has 0 fully saturated rings. The number of ether oxygens (including phenoxy) is 1. The van der Waals surface area contributed by atoms with E-state index >= 15 is 0 Å². The first-order valence-corrected chi connectivity index (χ1v) is 9.73. The second kappa shape index (κ2) is 8.49. The van der Waals surface area contributed by atoms with Crippen LogP contribution in [0.25, 0.3) is 0 Å². The maximum Gasteiger partial charge on any atom is 0.239 e. The summed E-state index contributed by atoms with van der Waals surface area (Å²) >= 11 is 0. The molecule has 0 heterocycles. The van der Waals surface area contributed by atoms with Crippen LogP contribution in [0.1, 0.15) is 12.0 Å². The Bertz CT molecular complexity index is 773. The van der Waals surface area contributed by atoms with Crippen LogP contribution in [0.2, 0.25) is 0 Å². The van der Waals surface area contributed by atoms with Gasteiger partial charge in [-0.1, -0.05) is 42.5 Å². The molecule has 2 aromatic carbocycles. The first kappa shape index (κ1) is 18.0. The van der Waals surface area contributed by atoms with Gasteiger partial charge in [0.1, 0.15) is 11.5 Å². The fourth-order valence-electron chi connectivity index (χ4n) is 2.22. The minimum Gasteiger partial charge on any atom is -0.491 e. The Hall–Kier alpha value is -2.34. The highest BCUT2D eigenvalue weighted by molar-refractivity contribution is 7.91. The van der Waals surface area contributed by atoms with Gasteiger partial charge in [-0.05, 0) is 30.5 Å². The second-order valence-corrected chi connectivity index (χ2v) is 7.69. The highest BCUT2D eigenvalue weighted by atomic mass is 32.2. The molecule has 2 rings (SSSR count). The number of benzene rings is 2. The Balaban J connectivity index is 1.88. The summed E-state index contributed by atoms with van der Waals surface area (Å²) < 4.78 is 28.1. The van der Waals surface area contributed by atoms with E-state index in [1.165, 1.54) is 5.56 Å². The number of aryl methyl sites for hydroxylation is 1. The van der Waals surface area contributed by atoms with E-state index in [4.69, 9.17) is 4.74 Å². The van der Waals surface area contributed by atoms with Crippen LogP contribution < -0.4 is 10.1 Å². The topological polar surface area (TPSA) is 72.5 Å². The predicted octanol–water partition coefficient (Wildman–Crippen LogP) is 2.68. The summed E-state index contributed by atoms with van der Waals surface area (Å²) in [7, 11) is -3.36. The van der Waals surface area contributed by atoms with Crippen LogP contribution in [0.3, 0.4) is 0 Å². The van der Waals surface area contributed by atoms with Gasteiger partial charge in [-0.25, -0.2) is 8.42 Å². The summed E-state index contributed by atoms with van der Waals surface area (Å²) in [6.07, 6.45) is 2.78. The number of para-hydroxylation sites is 2. The van der Waals surface area contributed by atoms with Crippen molar-refractivity contribution in [2.75, 3.05) is 23.9 Å². The van der Waals surface area contributed by atoms with Crippen LogP contribution in [0, 0.1) is 0 Å². The maximum absolute atomic E-state index is 11.7. The Kier molecular flexibility index (Phi) is 6.37. The SMILES string of the molecule is CS(=O)(=O)CC(=O)Nc1ccccc1OCCCc1ccccc1. The van der Waals surface area contributed by atoms with Crippen LogP contribution in [-0.4, -0.2) is 32.9 Å². The molecule has 0 aliphatic heterocycles. The van der Waals surface area contributed by atoms with Gasteiger partial charge >= 0.3 is 0 Å². The molecule has 0 radical (unpaired) electrons. The quantitative estimate of drug-likeness (QED) is 0.745. The Labute approximate surface area is 142 Å². The number of nitrogens with one attached hydrogen (secondary N) is 1. The predicted molar refractivity (Wildman–Crippen MR) is 95.0 cm³/mol. The molecule has 0 atom stereocenters. The summed E-state index contributed by atoms with van der Waals surface area (Å²) in [6.45, 7) is 0.508. The van der Waals surface area contributed by atoms with Gasteiger partial charge in [0.25, 0.3) is 0 Å². The molecule has 5 nitrogen and oxygen atoms in total. The Morgan fingerprint density at radius 1 is 1.04 bits per heavy atom. The largest absolute Gasteiger partial charge is 0.491 e. The van der Waals surface area contributed by atoms with Crippen molar-refractivity contribution < 1.29 is 17.9 Å². The molecule has 0 spiro atoms. The van der Waals surface area contributed by atoms with E-state index in [2.05, 4.69) is 17.4 Å². The zero-order valence-electron chi connectivity index (χ0n) is 13.6. The molecule has 0 aliphatic carbocycles. The van der Waals surface area contributed by atoms with Crippen molar-refractivity contribution in [3.05, 3.63) is 60.2 Å². The summed E-state index contributed by atoms with van der Waals surface area (Å²) in [6, 6.07) is 17.1. The van der Waals surface area contributed by atoms with E-state index in [9.17, 15) is 13.2 Å². The standard InChI is InChI=1S/C18H21NO4S/c1-24(21,22)14-18(20)19-16-11-5-6-12-17(16)23-13-7-10-15-8-3-2-4-9-15/h2-6,8-9,11-12H,7,10,13-14H2,1H3,(H,19,20). The van der Waals surface area contributed by atoms with E-state index in [1.807, 2.05) is 18.2 Å². The molecular weight excluding hydrogens is 326 g/mol. The zero-order chi connectivity index (χ0) is 17.4. The van der Waals surface area contributed by atoms with Gasteiger partial charge in [-0.2, -0.15) is 0 Å². The van der Waals surface area contributed by atoms with Gasteiger partial charge in [0.05, 0.1) is 12.3 Å². The number of rotatable bonds is 8. The third kappa shape index (κ3) is 6.42. The molecule has 0 saturated heterocycles. The van der Waals surface area contributed by atoms with Crippen LogP contribution in [-0.2, 0) is 21.1 Å². The molecular formula is C18H21NO4S. The molecule has 24 heavy (non-hydrogen) atoms. The first-order chi connectivity index (χ1) is 11.4. The molecule has 1 N–H and O–H groups in total. The minimum atomic E-state index is -3.36. The van der Waals surface area contributed by atoms with Crippen LogP contribution in [0.4, 0.5) is 5.69 Å². The van der Waals surface area contributed by atoms with Crippen molar-refractivity contribution in [3.8, 4) is 5.75 Å². The average molecular weight is 347 g/mol. The number of sulfone groups is 1. The third-order valence-electron chi connectivity index (χ3n) is 3.26. The zero-order valence-corrected chi connectivity index (χ0v) is 14.4. The lowest BCUT2D eigenvalue weighted by atomic mass is 10.1. The van der Waals surface area contributed by atoms with E-state index in [0.717, 1.165) is 19.1 Å². The molecule has 0 aromatic heterocycles. The molecule has 0 bridgehead atoms. The lowest BCUT2D eigenvalue weighted by Crippen LogP contribution is -2.22. The number of amides is 1. The van der Waals surface area contributed by atoms with Gasteiger partial charge in [-0.3, -0.25) is 4.79 Å². The number of carbonyl (C=O) groups excluding carboxylic acids is 1. The van der Waals surface area contributed by atoms with E-state index in [1.54, 1.807) is 24.3 Å². The normalized spacial score (nSPS) is 11.0. The van der Waals surface area contributed by atoms with E-state index < -0.39 is 21.5 Å². The summed E-state index contributed by atoms with van der Waals surface area (Å²) in [5.74, 6) is -0.583. The minimum absolute atomic E-state index is 0.478. The maximum atomic E-state index is 11.7. The van der Waals surface area contributed by atoms with Crippen molar-refractivity contribution in [1.29, 1.82) is 0 Å². The van der Waals surface area contributed by atoms with Crippen LogP contribution >= 0.6 is 0 Å². The average Bonchev–Trinajstić information content (AvgIpc) is 2.52. The Morgan fingerprint density at radius 3 is 2.42 bits per heavy atom. The fraction of sp³-hybridized carbons (Fsp3) is 0.278. The van der Waals surface area contributed by atoms with Crippen LogP contribution in [0.15, 0.2) is 54.6 Å². The lowest BCUT2D eigenvalue weighted by molar-refractivity contribution is -0.113. The van der Waals surface area contributed by atoms with Gasteiger partial charge < -0.3 is 10.1 Å². The van der Waals surface area contributed by atoms with Gasteiger partial charge in [0.15, 0.2) is 9.84 Å². The summed E-state index contributed by atoms with van der Waals surface area (Å²) in [5, 5.41) is 2.58. The highest BCUT2D eigenvalue weighted by Crippen LogP contribution is 2.24. The highest BCUT2D eigenvalue weighted by Gasteiger charge is 2.13. The van der Waals surface area contributed by atoms with Crippen LogP contribution in [0.5, 0.6) is 5.75 Å². The van der Waals surface area contributed by atoms with Gasteiger partial charge in [0.2, 0.25) is 5.91 Å². The van der Waals surface area contributed by atoms with Crippen molar-refractivity contribution >= 4 is 21.4 Å². The molecule has 2 aromatic rings. The molecule has 0 aliphatic rings. The third-order valence-corrected chi connectivity index (χ3v) is 4.05. The van der Waals surface area contributed by atoms with Crippen molar-refractivity contribution in [2.45, 2.75) is 12.8 Å². The summed E-state index contributed by atoms with van der Waals surface area (Å²) in [5.41, 5.74) is 1.72. The summed E-state index contributed by atoms with van der Waals surface area (Å²) in [4.78, 5) is 11.7. The number of anilines is 1. The molecule has 1 amide bonds. The fourth-order valence-corrected chi connectivity index (χ4v) is 2.77. The monoisotopic (exact) mass is 347 g/mol. The molecule has 6 heteroatoms. The van der Waals surface area contributed by atoms with Crippen molar-refractivity contribution in [1.82, 2.24) is 0 Å². The van der Waals surface area contributed by atoms with Gasteiger partial charge in [0, 0.05) is 6.26 Å².